The third-order valence-electron chi connectivity index (χ3n) is 4.60. The number of ether oxygens (including phenoxy) is 2. The molecule has 0 aromatic heterocycles. The minimum absolute atomic E-state index is 0.288. The van der Waals surface area contributed by atoms with Crippen molar-refractivity contribution in [3.8, 4) is 5.75 Å². The second-order valence-corrected chi connectivity index (χ2v) is 10.9. The Hall–Kier alpha value is -2.21. The van der Waals surface area contributed by atoms with Crippen LogP contribution in [0.5, 0.6) is 5.75 Å². The molecule has 0 saturated carbocycles. The highest BCUT2D eigenvalue weighted by atomic mass is 35.5. The first-order valence-corrected chi connectivity index (χ1v) is 11.3. The molecule has 1 heterocycles. The second-order valence-electron chi connectivity index (χ2n) is 8.28. The van der Waals surface area contributed by atoms with Crippen LogP contribution in [0, 0.1) is 0 Å². The van der Waals surface area contributed by atoms with Crippen LogP contribution in [0.3, 0.4) is 0 Å². The lowest BCUT2D eigenvalue weighted by molar-refractivity contribution is -0.189. The van der Waals surface area contributed by atoms with E-state index in [9.17, 15) is 36.3 Å². The minimum Gasteiger partial charge on any atom is -0.481 e. The number of carboxylic acids is 1. The average molecular weight is 502 g/mol. The van der Waals surface area contributed by atoms with Crippen LogP contribution in [-0.2, 0) is 19.4 Å². The van der Waals surface area contributed by atoms with Gasteiger partial charge in [-0.25, -0.2) is 18.0 Å². The quantitative estimate of drug-likeness (QED) is 0.651. The summed E-state index contributed by atoms with van der Waals surface area (Å²) in [5, 5.41) is 7.75. The van der Waals surface area contributed by atoms with Crippen molar-refractivity contribution in [2.24, 2.45) is 0 Å². The van der Waals surface area contributed by atoms with Gasteiger partial charge in [-0.2, -0.15) is 13.2 Å². The molecule has 8 nitrogen and oxygen atoms in total. The maximum absolute atomic E-state index is 13.1. The fourth-order valence-electron chi connectivity index (χ4n) is 3.01. The van der Waals surface area contributed by atoms with Crippen LogP contribution in [0.25, 0.3) is 0 Å². The van der Waals surface area contributed by atoms with Crippen molar-refractivity contribution in [2.75, 3.05) is 6.54 Å². The van der Waals surface area contributed by atoms with Crippen LogP contribution in [-0.4, -0.2) is 66.2 Å². The van der Waals surface area contributed by atoms with Crippen molar-refractivity contribution in [2.45, 2.75) is 68.2 Å². The number of hydrogen-bond acceptors (Lipinski definition) is 6. The molecule has 1 amide bonds. The number of benzene rings is 1. The van der Waals surface area contributed by atoms with Gasteiger partial charge in [0.1, 0.15) is 17.4 Å². The van der Waals surface area contributed by atoms with Gasteiger partial charge < -0.3 is 14.6 Å². The van der Waals surface area contributed by atoms with Gasteiger partial charge in [-0.3, -0.25) is 4.90 Å². The lowest BCUT2D eigenvalue weighted by atomic mass is 10.2. The standard InChI is InChI=1S/C19H23ClF3NO7S/c1-10(19(21,22)23)30-11-5-6-15(13(20)7-11)32(28,29)12-8-14(16(25)26)24(9-12)17(27)31-18(2,3)4/h5-7,10,12,14H,8-9H2,1-4H3,(H,25,26)/t10-,12+,14-/m0/s1. The second kappa shape index (κ2) is 8.97. The Balaban J connectivity index is 2.29. The smallest absolute Gasteiger partial charge is 0.425 e. The normalized spacial score (nSPS) is 20.7. The van der Waals surface area contributed by atoms with Crippen molar-refractivity contribution in [3.63, 3.8) is 0 Å². The summed E-state index contributed by atoms with van der Waals surface area (Å²) in [6.07, 6.45) is -8.15. The molecular weight excluding hydrogens is 479 g/mol. The molecule has 1 aromatic rings. The SMILES string of the molecule is C[C@H](Oc1ccc(S(=O)(=O)[C@@H]2C[C@@H](C(=O)O)N(C(=O)OC(C)(C)C)C2)c(Cl)c1)C(F)(F)F. The summed E-state index contributed by atoms with van der Waals surface area (Å²) in [6.45, 7) is 5.07. The van der Waals surface area contributed by atoms with Crippen molar-refractivity contribution in [1.82, 2.24) is 4.90 Å². The lowest BCUT2D eigenvalue weighted by Gasteiger charge is -2.26. The number of nitrogens with zero attached hydrogens (tertiary/aromatic N) is 1. The van der Waals surface area contributed by atoms with Gasteiger partial charge in [0, 0.05) is 12.6 Å². The van der Waals surface area contributed by atoms with Crippen LogP contribution >= 0.6 is 11.6 Å². The van der Waals surface area contributed by atoms with E-state index in [0.717, 1.165) is 30.0 Å². The van der Waals surface area contributed by atoms with Crippen LogP contribution < -0.4 is 4.74 Å². The molecule has 1 saturated heterocycles. The molecule has 13 heteroatoms. The number of carbonyl (C=O) groups is 2. The van der Waals surface area contributed by atoms with E-state index in [-0.39, 0.29) is 10.8 Å². The predicted octanol–water partition coefficient (Wildman–Crippen LogP) is 3.91. The Morgan fingerprint density at radius 2 is 1.84 bits per heavy atom. The summed E-state index contributed by atoms with van der Waals surface area (Å²) in [5.74, 6) is -1.69. The number of carbonyl (C=O) groups excluding carboxylic acids is 1. The van der Waals surface area contributed by atoms with Gasteiger partial charge >= 0.3 is 18.2 Å². The summed E-state index contributed by atoms with van der Waals surface area (Å²) >= 11 is 6.01. The highest BCUT2D eigenvalue weighted by Crippen LogP contribution is 2.35. The molecule has 0 spiro atoms. The van der Waals surface area contributed by atoms with E-state index in [2.05, 4.69) is 0 Å². The van der Waals surface area contributed by atoms with E-state index < -0.39 is 68.9 Å². The molecule has 0 bridgehead atoms. The molecule has 1 aliphatic rings. The summed E-state index contributed by atoms with van der Waals surface area (Å²) in [5.41, 5.74) is -0.927. The zero-order chi connectivity index (χ0) is 24.6. The molecule has 1 aliphatic heterocycles. The molecule has 0 aliphatic carbocycles. The molecule has 1 fully saturated rings. The van der Waals surface area contributed by atoms with E-state index >= 15 is 0 Å². The molecular formula is C19H23ClF3NO7S. The van der Waals surface area contributed by atoms with Gasteiger partial charge in [0.15, 0.2) is 15.9 Å². The van der Waals surface area contributed by atoms with Crippen LogP contribution in [0.2, 0.25) is 5.02 Å². The Labute approximate surface area is 188 Å². The largest absolute Gasteiger partial charge is 0.481 e. The Morgan fingerprint density at radius 1 is 1.25 bits per heavy atom. The van der Waals surface area contributed by atoms with Gasteiger partial charge in [0.2, 0.25) is 0 Å². The van der Waals surface area contributed by atoms with Gasteiger partial charge in [0.05, 0.1) is 15.2 Å². The van der Waals surface area contributed by atoms with Gasteiger partial charge in [0.25, 0.3) is 0 Å². The Morgan fingerprint density at radius 3 is 2.31 bits per heavy atom. The zero-order valence-electron chi connectivity index (χ0n) is 17.6. The van der Waals surface area contributed by atoms with Crippen molar-refractivity contribution < 1.29 is 45.8 Å². The van der Waals surface area contributed by atoms with E-state index in [1.54, 1.807) is 20.8 Å². The fraction of sp³-hybridized carbons (Fsp3) is 0.579. The number of amides is 1. The molecule has 2 rings (SSSR count). The predicted molar refractivity (Wildman–Crippen MR) is 108 cm³/mol. The number of likely N-dealkylation sites (tertiary alicyclic amines) is 1. The third-order valence-corrected chi connectivity index (χ3v) is 7.21. The third kappa shape index (κ3) is 5.97. The van der Waals surface area contributed by atoms with Crippen molar-refractivity contribution >= 4 is 33.5 Å². The zero-order valence-corrected chi connectivity index (χ0v) is 19.2. The van der Waals surface area contributed by atoms with Crippen molar-refractivity contribution in [1.29, 1.82) is 0 Å². The first kappa shape index (κ1) is 26.0. The Kier molecular flexibility index (Phi) is 7.30. The summed E-state index contributed by atoms with van der Waals surface area (Å²) < 4.78 is 74.1. The van der Waals surface area contributed by atoms with Gasteiger partial charge in [-0.1, -0.05) is 11.6 Å². The summed E-state index contributed by atoms with van der Waals surface area (Å²) in [4.78, 5) is 24.4. The van der Waals surface area contributed by atoms with E-state index in [0.29, 0.717) is 0 Å². The van der Waals surface area contributed by atoms with E-state index in [1.165, 1.54) is 0 Å². The van der Waals surface area contributed by atoms with E-state index in [1.807, 2.05) is 0 Å². The molecule has 0 radical (unpaired) electrons. The molecule has 32 heavy (non-hydrogen) atoms. The number of sulfone groups is 1. The highest BCUT2D eigenvalue weighted by molar-refractivity contribution is 7.92. The number of hydrogen-bond donors (Lipinski definition) is 1. The van der Waals surface area contributed by atoms with Gasteiger partial charge in [-0.15, -0.1) is 0 Å². The summed E-state index contributed by atoms with van der Waals surface area (Å²) in [6, 6.07) is 1.52. The minimum atomic E-state index is -4.63. The number of carboxylic acid groups (broad SMARTS) is 1. The Bertz CT molecular complexity index is 992. The first-order valence-electron chi connectivity index (χ1n) is 9.42. The van der Waals surface area contributed by atoms with Crippen LogP contribution in [0.15, 0.2) is 23.1 Å². The molecule has 180 valence electrons. The maximum atomic E-state index is 13.1. The van der Waals surface area contributed by atoms with Crippen molar-refractivity contribution in [3.05, 3.63) is 23.2 Å². The number of rotatable bonds is 5. The first-order chi connectivity index (χ1) is 14.4. The maximum Gasteiger partial charge on any atom is 0.425 e. The molecule has 1 N–H and O–H groups in total. The topological polar surface area (TPSA) is 110 Å². The van der Waals surface area contributed by atoms with E-state index in [4.69, 9.17) is 21.1 Å². The number of halogens is 4. The fourth-order valence-corrected chi connectivity index (χ4v) is 5.25. The average Bonchev–Trinajstić information content (AvgIpc) is 3.06. The summed E-state index contributed by atoms with van der Waals surface area (Å²) in [7, 11) is -4.24. The number of alkyl halides is 3. The monoisotopic (exact) mass is 501 g/mol. The highest BCUT2D eigenvalue weighted by Gasteiger charge is 2.47. The molecule has 0 unspecified atom stereocenters. The van der Waals surface area contributed by atoms with Crippen LogP contribution in [0.4, 0.5) is 18.0 Å². The van der Waals surface area contributed by atoms with Gasteiger partial charge in [-0.05, 0) is 46.2 Å². The molecule has 1 aromatic carbocycles. The lowest BCUT2D eigenvalue weighted by Crippen LogP contribution is -2.43. The number of aliphatic carboxylic acids is 1. The molecule has 3 atom stereocenters. The van der Waals surface area contributed by atoms with Crippen LogP contribution in [0.1, 0.15) is 34.1 Å².